The van der Waals surface area contributed by atoms with E-state index < -0.39 is 146 Å². The monoisotopic (exact) mass is 1400 g/mol. The molecule has 2 heterocycles. The van der Waals surface area contributed by atoms with Gasteiger partial charge in [-0.3, -0.25) is 28.8 Å². The zero-order valence-electron chi connectivity index (χ0n) is 53.5. The average molecular weight is 1400 g/mol. The number of carboxylic acid groups (broad SMARTS) is 2. The molecule has 0 bridgehead atoms. The molecule has 5 aromatic rings. The van der Waals surface area contributed by atoms with Gasteiger partial charge in [0.25, 0.3) is 35.2 Å². The first-order chi connectivity index (χ1) is 46.0. The molecule has 2 aliphatic rings. The molecule has 2 aliphatic heterocycles. The summed E-state index contributed by atoms with van der Waals surface area (Å²) >= 11 is 2.83. The first kappa shape index (κ1) is 78.8. The van der Waals surface area contributed by atoms with Gasteiger partial charge in [0.2, 0.25) is 11.8 Å². The molecular weight excluding hydrogens is 1320 g/mol. The van der Waals surface area contributed by atoms with Crippen LogP contribution in [0.25, 0.3) is 0 Å². The van der Waals surface area contributed by atoms with E-state index in [9.17, 15) is 79.2 Å². The van der Waals surface area contributed by atoms with Gasteiger partial charge in [0, 0.05) is 86.6 Å². The zero-order chi connectivity index (χ0) is 69.4. The van der Waals surface area contributed by atoms with Crippen LogP contribution in [0, 0.1) is 0 Å². The summed E-state index contributed by atoms with van der Waals surface area (Å²) in [5.74, 6) is -7.73. The van der Waals surface area contributed by atoms with Crippen LogP contribution in [0.15, 0.2) is 133 Å². The van der Waals surface area contributed by atoms with Gasteiger partial charge in [-0.1, -0.05) is 36.4 Å². The maximum absolute atomic E-state index is 13.0. The minimum Gasteiger partial charge on any atom is -0.477 e. The Morgan fingerprint density at radius 1 is 0.474 bits per heavy atom. The van der Waals surface area contributed by atoms with Gasteiger partial charge in [0.05, 0.1) is 49.7 Å². The fourth-order valence-electron chi connectivity index (χ4n) is 10.2. The van der Waals surface area contributed by atoms with E-state index in [1.165, 1.54) is 72.1 Å². The van der Waals surface area contributed by atoms with Gasteiger partial charge in [-0.05, 0) is 121 Å². The van der Waals surface area contributed by atoms with E-state index in [1.807, 2.05) is 12.1 Å². The maximum atomic E-state index is 13.0. The normalized spacial score (nSPS) is 21.7. The molecule has 0 aliphatic carbocycles. The molecule has 2 unspecified atom stereocenters. The molecule has 0 saturated carbocycles. The Morgan fingerprint density at radius 3 is 1.10 bits per heavy atom. The van der Waals surface area contributed by atoms with Gasteiger partial charge in [0.1, 0.15) is 47.4 Å². The number of carboxylic acids is 2. The number of benzene rings is 5. The molecule has 31 heteroatoms. The van der Waals surface area contributed by atoms with E-state index in [1.54, 1.807) is 72.8 Å². The standard InChI is InChI=1S/C66H80N6O22S2.Na/c1-39(73)71-53-49(75)35-65(63(85)86,93-57(53)55(79)51(77)37-69-61(83)43-19-23-47(24-20-43)91-45-11-5-3-6-12-45)89-29-9-31-95-33-27-67-59(81)41-15-17-42(18-16-41)60(82)68-28-34-96-32-10-30-90-66(64(87)88)36-50(76)54(72-40(2)74)58(94-66)56(80)52(78)38-70-62(84)44-21-25-48(26-22-44)92-46-13-7-4-8-14-46;/h3-8,11-26,49-58,75-80H,9-10,27-38H2,1-2H3,(H,67,81)(H,68,82)(H,69,83)(H,70,84)(H,71,73)(H,72,74)(H,85,86)(H,87,88);/q;+1/t49-,50-,51+,52+,53+,54+,55?,56?,57+,58+,65+,66+;/m0./s1. The Morgan fingerprint density at radius 2 is 0.784 bits per heavy atom. The fourth-order valence-corrected chi connectivity index (χ4v) is 11.8. The van der Waals surface area contributed by atoms with Crippen molar-refractivity contribution in [1.29, 1.82) is 0 Å². The summed E-state index contributed by atoms with van der Waals surface area (Å²) in [4.78, 5) is 102. The number of para-hydroxylation sites is 2. The summed E-state index contributed by atoms with van der Waals surface area (Å²) in [5.41, 5.74) is 0.985. The van der Waals surface area contributed by atoms with Crippen molar-refractivity contribution in [2.24, 2.45) is 0 Å². The molecule has 97 heavy (non-hydrogen) atoms. The Hall–Kier alpha value is -7.24. The minimum atomic E-state index is -2.50. The van der Waals surface area contributed by atoms with Gasteiger partial charge < -0.3 is 101 Å². The topological polar surface area (TPSA) is 426 Å². The molecular formula is C66H80N6NaO22S2+. The summed E-state index contributed by atoms with van der Waals surface area (Å²) in [6.45, 7) is 1.31. The molecule has 0 radical (unpaired) electrons. The summed E-state index contributed by atoms with van der Waals surface area (Å²) in [5, 5.41) is 103. The molecule has 12 atom stereocenters. The summed E-state index contributed by atoms with van der Waals surface area (Å²) in [6, 6.07) is 33.4. The predicted molar refractivity (Wildman–Crippen MR) is 348 cm³/mol. The van der Waals surface area contributed by atoms with Crippen LogP contribution in [0.1, 0.15) is 81.0 Å². The second kappa shape index (κ2) is 38.8. The number of rotatable bonds is 36. The largest absolute Gasteiger partial charge is 1.00 e. The predicted octanol–water partition coefficient (Wildman–Crippen LogP) is -0.811. The Bertz CT molecular complexity index is 3150. The number of amides is 6. The molecule has 6 amide bonds. The van der Waals surface area contributed by atoms with Crippen molar-refractivity contribution >= 4 is 70.9 Å². The smallest absolute Gasteiger partial charge is 0.477 e. The number of hydrogen-bond donors (Lipinski definition) is 14. The molecule has 28 nitrogen and oxygen atoms in total. The van der Waals surface area contributed by atoms with E-state index in [0.717, 1.165) is 13.8 Å². The van der Waals surface area contributed by atoms with Crippen molar-refractivity contribution < 1.29 is 137 Å². The van der Waals surface area contributed by atoms with Gasteiger partial charge in [0.15, 0.2) is 0 Å². The second-order valence-electron chi connectivity index (χ2n) is 22.4. The number of aliphatic carboxylic acids is 2. The molecule has 2 saturated heterocycles. The number of aliphatic hydroxyl groups excluding tert-OH is 6. The van der Waals surface area contributed by atoms with E-state index in [-0.39, 0.29) is 79.8 Å². The van der Waals surface area contributed by atoms with E-state index in [2.05, 4.69) is 31.9 Å². The van der Waals surface area contributed by atoms with Gasteiger partial charge in [-0.25, -0.2) is 9.59 Å². The van der Waals surface area contributed by atoms with Crippen molar-refractivity contribution in [1.82, 2.24) is 31.9 Å². The Balaban J connectivity index is 0.0000149. The average Bonchev–Trinajstić information content (AvgIpc) is 0.777. The number of thioether (sulfide) groups is 2. The summed E-state index contributed by atoms with van der Waals surface area (Å²) in [6.07, 6.45) is -14.9. The molecule has 2 fully saturated rings. The Labute approximate surface area is 589 Å². The molecule has 14 N–H and O–H groups in total. The number of ether oxygens (including phenoxy) is 6. The zero-order valence-corrected chi connectivity index (χ0v) is 57.1. The van der Waals surface area contributed by atoms with Crippen LogP contribution in [-0.2, 0) is 38.1 Å². The third kappa shape index (κ3) is 23.5. The van der Waals surface area contributed by atoms with Crippen LogP contribution >= 0.6 is 23.5 Å². The Kier molecular flexibility index (Phi) is 31.5. The number of carbonyl (C=O) groups excluding carboxylic acids is 6. The summed E-state index contributed by atoms with van der Waals surface area (Å²) < 4.78 is 34.6. The van der Waals surface area contributed by atoms with Crippen molar-refractivity contribution in [3.63, 3.8) is 0 Å². The molecule has 5 aromatic carbocycles. The third-order valence-electron chi connectivity index (χ3n) is 15.1. The quantitative estimate of drug-likeness (QED) is 0.0172. The molecule has 518 valence electrons. The maximum Gasteiger partial charge on any atom is 1.00 e. The number of aliphatic hydroxyl groups is 6. The van der Waals surface area contributed by atoms with Crippen LogP contribution in [0.5, 0.6) is 23.0 Å². The van der Waals surface area contributed by atoms with Crippen LogP contribution in [0.3, 0.4) is 0 Å². The van der Waals surface area contributed by atoms with E-state index in [4.69, 9.17) is 28.4 Å². The van der Waals surface area contributed by atoms with Crippen molar-refractivity contribution in [2.75, 3.05) is 62.4 Å². The van der Waals surface area contributed by atoms with Crippen LogP contribution in [-0.4, -0.2) is 223 Å². The van der Waals surface area contributed by atoms with E-state index in [0.29, 0.717) is 57.1 Å². The van der Waals surface area contributed by atoms with Gasteiger partial charge in [-0.15, -0.1) is 0 Å². The minimum absolute atomic E-state index is 0. The van der Waals surface area contributed by atoms with Crippen LogP contribution < -0.4 is 70.9 Å². The first-order valence-corrected chi connectivity index (χ1v) is 33.1. The first-order valence-electron chi connectivity index (χ1n) is 30.7. The summed E-state index contributed by atoms with van der Waals surface area (Å²) in [7, 11) is 0. The van der Waals surface area contributed by atoms with Crippen molar-refractivity contribution in [3.05, 3.63) is 156 Å². The third-order valence-corrected chi connectivity index (χ3v) is 17.3. The van der Waals surface area contributed by atoms with Crippen molar-refractivity contribution in [2.45, 2.75) is 112 Å². The number of nitrogens with one attached hydrogen (secondary N) is 6. The van der Waals surface area contributed by atoms with Crippen LogP contribution in [0.4, 0.5) is 0 Å². The van der Waals surface area contributed by atoms with Gasteiger partial charge >= 0.3 is 41.5 Å². The van der Waals surface area contributed by atoms with Gasteiger partial charge in [-0.2, -0.15) is 23.5 Å². The SMILES string of the molecule is CC(=O)N[C@@H]1[C@@H](O)C[C@](OCCCSCCNC(=O)c2ccc(C(=O)NCCSCCCO[C@]3(C(=O)O)C[C@H](O)[C@@H](NC(C)=O)[C@H](C(O)[C@H](O)CNC(=O)c4ccc(Oc5ccccc5)cc4)O3)cc2)(C(=O)O)O[C@H]1C(O)[C@H](O)CNC(=O)c1ccc(Oc2ccccc2)cc1.[Na+]. The molecule has 0 aromatic heterocycles. The number of carbonyl (C=O) groups is 8. The fraction of sp³-hybridized carbons (Fsp3) is 0.424. The molecule has 7 rings (SSSR count). The second-order valence-corrected chi connectivity index (χ2v) is 24.9. The number of hydrogen-bond acceptors (Lipinski definition) is 22. The molecule has 0 spiro atoms. The van der Waals surface area contributed by atoms with Crippen LogP contribution in [0.2, 0.25) is 0 Å². The van der Waals surface area contributed by atoms with Crippen molar-refractivity contribution in [3.8, 4) is 23.0 Å². The van der Waals surface area contributed by atoms with E-state index >= 15 is 0 Å².